The summed E-state index contributed by atoms with van der Waals surface area (Å²) in [5, 5.41) is 0.215. The normalized spacial score (nSPS) is 17.5. The van der Waals surface area contributed by atoms with Crippen LogP contribution >= 0.6 is 0 Å². The average molecular weight is 254 g/mol. The maximum atomic E-state index is 11.2. The highest BCUT2D eigenvalue weighted by molar-refractivity contribution is 6.74. The predicted molar refractivity (Wildman–Crippen MR) is 71.3 cm³/mol. The summed E-state index contributed by atoms with van der Waals surface area (Å²) >= 11 is 0. The van der Waals surface area contributed by atoms with Gasteiger partial charge in [-0.25, -0.2) is 4.79 Å². The Morgan fingerprint density at radius 1 is 1.47 bits per heavy atom. The zero-order chi connectivity index (χ0) is 13.1. The minimum atomic E-state index is -1.69. The van der Waals surface area contributed by atoms with Crippen LogP contribution in [0.1, 0.15) is 20.8 Å². The van der Waals surface area contributed by atoms with E-state index in [2.05, 4.69) is 33.9 Å². The Morgan fingerprint density at radius 2 is 2.12 bits per heavy atom. The number of hydrogen-bond acceptors (Lipinski definition) is 3. The van der Waals surface area contributed by atoms with Crippen molar-refractivity contribution in [2.75, 3.05) is 13.2 Å². The van der Waals surface area contributed by atoms with Gasteiger partial charge in [0, 0.05) is 0 Å². The molecule has 17 heavy (non-hydrogen) atoms. The van der Waals surface area contributed by atoms with Crippen LogP contribution in [0.2, 0.25) is 18.1 Å². The van der Waals surface area contributed by atoms with Gasteiger partial charge in [-0.05, 0) is 30.3 Å². The molecule has 1 aliphatic heterocycles. The summed E-state index contributed by atoms with van der Waals surface area (Å²) in [6.45, 7) is 12.0. The molecule has 0 unspecified atom stereocenters. The van der Waals surface area contributed by atoms with Crippen molar-refractivity contribution in [3.63, 3.8) is 0 Å². The fraction of sp³-hybridized carbons (Fsp3) is 0.615. The van der Waals surface area contributed by atoms with Crippen molar-refractivity contribution in [3.05, 3.63) is 23.8 Å². The van der Waals surface area contributed by atoms with Gasteiger partial charge in [0.05, 0.1) is 12.2 Å². The molecule has 0 aromatic rings. The van der Waals surface area contributed by atoms with Gasteiger partial charge >= 0.3 is 5.97 Å². The van der Waals surface area contributed by atoms with Crippen molar-refractivity contribution in [1.82, 2.24) is 0 Å². The van der Waals surface area contributed by atoms with Gasteiger partial charge in [-0.3, -0.25) is 0 Å². The lowest BCUT2D eigenvalue weighted by molar-refractivity contribution is -0.135. The van der Waals surface area contributed by atoms with E-state index in [0.717, 1.165) is 0 Å². The second-order valence-electron chi connectivity index (χ2n) is 5.73. The average Bonchev–Trinajstić information content (AvgIpc) is 2.57. The highest BCUT2D eigenvalue weighted by atomic mass is 28.4. The first-order valence-corrected chi connectivity index (χ1v) is 8.83. The quantitative estimate of drug-likeness (QED) is 0.571. The van der Waals surface area contributed by atoms with Gasteiger partial charge in [-0.15, -0.1) is 0 Å². The number of carbonyl (C=O) groups is 1. The molecule has 0 amide bonds. The molecule has 1 aliphatic rings. The zero-order valence-corrected chi connectivity index (χ0v) is 12.4. The molecule has 0 aliphatic carbocycles. The lowest BCUT2D eigenvalue weighted by atomic mass is 10.2. The van der Waals surface area contributed by atoms with Crippen LogP contribution in [0, 0.1) is 0 Å². The molecule has 0 saturated carbocycles. The number of cyclic esters (lactones) is 1. The topological polar surface area (TPSA) is 35.5 Å². The first kappa shape index (κ1) is 14.2. The van der Waals surface area contributed by atoms with Crippen molar-refractivity contribution in [2.45, 2.75) is 38.9 Å². The van der Waals surface area contributed by atoms with Crippen LogP contribution in [0.5, 0.6) is 0 Å². The van der Waals surface area contributed by atoms with Gasteiger partial charge in [0.1, 0.15) is 6.61 Å². The molecule has 0 N–H and O–H groups in total. The number of esters is 1. The molecule has 0 atom stereocenters. The number of ether oxygens (including phenoxy) is 1. The Bertz CT molecular complexity index is 348. The highest BCUT2D eigenvalue weighted by Crippen LogP contribution is 2.36. The molecular weight excluding hydrogens is 232 g/mol. The maximum Gasteiger partial charge on any atom is 0.338 e. The lowest BCUT2D eigenvalue weighted by Crippen LogP contribution is -2.40. The van der Waals surface area contributed by atoms with E-state index < -0.39 is 8.32 Å². The van der Waals surface area contributed by atoms with Crippen molar-refractivity contribution < 1.29 is 14.0 Å². The molecule has 3 nitrogen and oxygen atoms in total. The van der Waals surface area contributed by atoms with Gasteiger partial charge < -0.3 is 9.16 Å². The summed E-state index contributed by atoms with van der Waals surface area (Å²) in [4.78, 5) is 11.2. The summed E-state index contributed by atoms with van der Waals surface area (Å²) in [7, 11) is -1.69. The molecule has 0 bridgehead atoms. The second-order valence-corrected chi connectivity index (χ2v) is 10.5. The molecule has 0 aromatic heterocycles. The Hall–Kier alpha value is -0.873. The van der Waals surface area contributed by atoms with E-state index in [0.29, 0.717) is 18.8 Å². The summed E-state index contributed by atoms with van der Waals surface area (Å²) < 4.78 is 10.8. The minimum Gasteiger partial charge on any atom is -0.458 e. The van der Waals surface area contributed by atoms with Crippen LogP contribution in [-0.2, 0) is 14.0 Å². The van der Waals surface area contributed by atoms with Crippen LogP contribution in [0.4, 0.5) is 0 Å². The highest BCUT2D eigenvalue weighted by Gasteiger charge is 2.36. The predicted octanol–water partition coefficient (Wildman–Crippen LogP) is 3.05. The van der Waals surface area contributed by atoms with Crippen LogP contribution < -0.4 is 0 Å². The fourth-order valence-corrected chi connectivity index (χ4v) is 2.10. The molecular formula is C13H22O3Si. The molecule has 0 fully saturated rings. The zero-order valence-electron chi connectivity index (χ0n) is 11.4. The molecule has 4 heteroatoms. The smallest absolute Gasteiger partial charge is 0.338 e. The molecule has 1 heterocycles. The van der Waals surface area contributed by atoms with Gasteiger partial charge in [-0.2, -0.15) is 0 Å². The third-order valence-electron chi connectivity index (χ3n) is 3.40. The van der Waals surface area contributed by atoms with Gasteiger partial charge in [0.25, 0.3) is 0 Å². The van der Waals surface area contributed by atoms with Crippen molar-refractivity contribution in [2.24, 2.45) is 0 Å². The van der Waals surface area contributed by atoms with E-state index in [4.69, 9.17) is 9.16 Å². The molecule has 0 spiro atoms. The van der Waals surface area contributed by atoms with Gasteiger partial charge in [0.15, 0.2) is 8.32 Å². The first-order valence-electron chi connectivity index (χ1n) is 5.92. The van der Waals surface area contributed by atoms with Crippen LogP contribution in [0.25, 0.3) is 0 Å². The fourth-order valence-electron chi connectivity index (χ4n) is 1.16. The van der Waals surface area contributed by atoms with E-state index in [1.54, 1.807) is 12.2 Å². The Labute approximate surface area is 105 Å². The molecule has 0 saturated heterocycles. The van der Waals surface area contributed by atoms with E-state index in [1.165, 1.54) is 0 Å². The van der Waals surface area contributed by atoms with Gasteiger partial charge in [0.2, 0.25) is 0 Å². The Balaban J connectivity index is 2.43. The summed E-state index contributed by atoms with van der Waals surface area (Å²) in [6.07, 6.45) is 5.45. The van der Waals surface area contributed by atoms with Gasteiger partial charge in [-0.1, -0.05) is 26.8 Å². The maximum absolute atomic E-state index is 11.2. The van der Waals surface area contributed by atoms with E-state index in [1.807, 2.05) is 6.08 Å². The minimum absolute atomic E-state index is 0.215. The van der Waals surface area contributed by atoms with Crippen molar-refractivity contribution in [3.8, 4) is 0 Å². The molecule has 0 radical (unpaired) electrons. The van der Waals surface area contributed by atoms with Crippen LogP contribution in [0.3, 0.4) is 0 Å². The first-order chi connectivity index (χ1) is 7.74. The lowest BCUT2D eigenvalue weighted by Gasteiger charge is -2.35. The third-order valence-corrected chi connectivity index (χ3v) is 7.90. The molecule has 0 aromatic carbocycles. The third kappa shape index (κ3) is 3.82. The largest absolute Gasteiger partial charge is 0.458 e. The van der Waals surface area contributed by atoms with Crippen LogP contribution in [0.15, 0.2) is 23.8 Å². The standard InChI is InChI=1S/C13H22O3Si/c1-13(2,3)17(4,5)16-9-6-7-11-8-10-15-12(11)14/h6-8H,9-10H2,1-5H3/b7-6+. The molecule has 96 valence electrons. The number of hydrogen-bond donors (Lipinski definition) is 0. The Morgan fingerprint density at radius 3 is 2.59 bits per heavy atom. The van der Waals surface area contributed by atoms with E-state index >= 15 is 0 Å². The molecule has 1 rings (SSSR count). The Kier molecular flexibility index (Phi) is 4.33. The second kappa shape index (κ2) is 5.19. The summed E-state index contributed by atoms with van der Waals surface area (Å²) in [6, 6.07) is 0. The summed E-state index contributed by atoms with van der Waals surface area (Å²) in [5.41, 5.74) is 0.629. The van der Waals surface area contributed by atoms with E-state index in [-0.39, 0.29) is 11.0 Å². The van der Waals surface area contributed by atoms with Crippen molar-refractivity contribution >= 4 is 14.3 Å². The number of rotatable bonds is 4. The number of carbonyl (C=O) groups excluding carboxylic acids is 1. The van der Waals surface area contributed by atoms with Crippen molar-refractivity contribution in [1.29, 1.82) is 0 Å². The SMILES string of the molecule is CC(C)(C)[Si](C)(C)OC/C=C/C1=CCOC1=O. The monoisotopic (exact) mass is 254 g/mol. The summed E-state index contributed by atoms with van der Waals surface area (Å²) in [5.74, 6) is -0.242. The van der Waals surface area contributed by atoms with E-state index in [9.17, 15) is 4.79 Å². The van der Waals surface area contributed by atoms with Crippen LogP contribution in [-0.4, -0.2) is 27.5 Å².